The van der Waals surface area contributed by atoms with E-state index in [4.69, 9.17) is 22.1 Å². The lowest BCUT2D eigenvalue weighted by atomic mass is 10.0. The minimum Gasteiger partial charge on any atom is -0.377 e. The van der Waals surface area contributed by atoms with Crippen molar-refractivity contribution < 1.29 is 4.74 Å². The summed E-state index contributed by atoms with van der Waals surface area (Å²) in [6, 6.07) is 7.90. The number of nitrogens with zero attached hydrogens (tertiary/aromatic N) is 1. The molecule has 0 bridgehead atoms. The standard InChI is InChI=1S/C16H25ClN2O/c1-2-19(12-15-7-4-10-20-15)9-8-16(18)13-5-3-6-14(17)11-13/h3,5-6,11,15-16H,2,4,7-10,12,18H2,1H3. The molecule has 3 nitrogen and oxygen atoms in total. The van der Waals surface area contributed by atoms with Crippen LogP contribution < -0.4 is 5.73 Å². The van der Waals surface area contributed by atoms with Gasteiger partial charge in [-0.2, -0.15) is 0 Å². The minimum atomic E-state index is 0.0484. The van der Waals surface area contributed by atoms with Crippen LogP contribution in [0, 0.1) is 0 Å². The minimum absolute atomic E-state index is 0.0484. The van der Waals surface area contributed by atoms with Gasteiger partial charge in [-0.1, -0.05) is 30.7 Å². The highest BCUT2D eigenvalue weighted by Gasteiger charge is 2.19. The van der Waals surface area contributed by atoms with Gasteiger partial charge in [-0.25, -0.2) is 0 Å². The van der Waals surface area contributed by atoms with Gasteiger partial charge in [-0.15, -0.1) is 0 Å². The number of hydrogen-bond acceptors (Lipinski definition) is 3. The molecular weight excluding hydrogens is 272 g/mol. The van der Waals surface area contributed by atoms with E-state index in [1.165, 1.54) is 12.8 Å². The van der Waals surface area contributed by atoms with Crippen LogP contribution in [0.2, 0.25) is 5.02 Å². The zero-order valence-corrected chi connectivity index (χ0v) is 13.0. The van der Waals surface area contributed by atoms with Crippen LogP contribution in [0.25, 0.3) is 0 Å². The number of ether oxygens (including phenoxy) is 1. The number of hydrogen-bond donors (Lipinski definition) is 1. The highest BCUT2D eigenvalue weighted by atomic mass is 35.5. The summed E-state index contributed by atoms with van der Waals surface area (Å²) in [7, 11) is 0. The molecule has 2 atom stereocenters. The first-order valence-corrected chi connectivity index (χ1v) is 7.92. The van der Waals surface area contributed by atoms with E-state index in [-0.39, 0.29) is 6.04 Å². The van der Waals surface area contributed by atoms with Gasteiger partial charge in [-0.3, -0.25) is 0 Å². The molecular formula is C16H25ClN2O. The van der Waals surface area contributed by atoms with Crippen LogP contribution in [0.5, 0.6) is 0 Å². The molecule has 1 aromatic rings. The Morgan fingerprint density at radius 1 is 1.50 bits per heavy atom. The lowest BCUT2D eigenvalue weighted by Gasteiger charge is -2.25. The maximum Gasteiger partial charge on any atom is 0.0702 e. The number of benzene rings is 1. The van der Waals surface area contributed by atoms with Crippen LogP contribution in [-0.2, 0) is 4.74 Å². The Kier molecular flexibility index (Phi) is 6.30. The number of halogens is 1. The second-order valence-corrected chi connectivity index (χ2v) is 5.91. The molecule has 20 heavy (non-hydrogen) atoms. The van der Waals surface area contributed by atoms with Crippen molar-refractivity contribution in [2.24, 2.45) is 5.73 Å². The maximum absolute atomic E-state index is 6.26. The second kappa shape index (κ2) is 7.99. The smallest absolute Gasteiger partial charge is 0.0702 e. The van der Waals surface area contributed by atoms with E-state index in [0.717, 1.165) is 43.2 Å². The topological polar surface area (TPSA) is 38.5 Å². The molecule has 2 rings (SSSR count). The first-order chi connectivity index (χ1) is 9.69. The Morgan fingerprint density at radius 2 is 2.35 bits per heavy atom. The average Bonchev–Trinajstić information content (AvgIpc) is 2.96. The van der Waals surface area contributed by atoms with E-state index in [1.807, 2.05) is 24.3 Å². The van der Waals surface area contributed by atoms with E-state index >= 15 is 0 Å². The molecule has 0 aliphatic carbocycles. The summed E-state index contributed by atoms with van der Waals surface area (Å²) in [5.74, 6) is 0. The van der Waals surface area contributed by atoms with Crippen molar-refractivity contribution in [1.82, 2.24) is 4.90 Å². The molecule has 0 aromatic heterocycles. The predicted molar refractivity (Wildman–Crippen MR) is 84.1 cm³/mol. The fourth-order valence-electron chi connectivity index (χ4n) is 2.68. The van der Waals surface area contributed by atoms with E-state index < -0.39 is 0 Å². The maximum atomic E-state index is 6.26. The van der Waals surface area contributed by atoms with Crippen molar-refractivity contribution in [3.63, 3.8) is 0 Å². The van der Waals surface area contributed by atoms with Crippen molar-refractivity contribution in [2.45, 2.75) is 38.3 Å². The molecule has 1 saturated heterocycles. The molecule has 0 radical (unpaired) electrons. The largest absolute Gasteiger partial charge is 0.377 e. The molecule has 1 heterocycles. The third kappa shape index (κ3) is 4.74. The summed E-state index contributed by atoms with van der Waals surface area (Å²) >= 11 is 6.01. The van der Waals surface area contributed by atoms with Crippen LogP contribution >= 0.6 is 11.6 Å². The van der Waals surface area contributed by atoms with Crippen LogP contribution in [0.1, 0.15) is 37.8 Å². The van der Waals surface area contributed by atoms with Gasteiger partial charge >= 0.3 is 0 Å². The fraction of sp³-hybridized carbons (Fsp3) is 0.625. The zero-order chi connectivity index (χ0) is 14.4. The summed E-state index contributed by atoms with van der Waals surface area (Å²) in [5, 5.41) is 0.754. The van der Waals surface area contributed by atoms with Gasteiger partial charge in [0.15, 0.2) is 0 Å². The molecule has 2 unspecified atom stereocenters. The zero-order valence-electron chi connectivity index (χ0n) is 12.2. The van der Waals surface area contributed by atoms with Gasteiger partial charge in [0.05, 0.1) is 6.10 Å². The van der Waals surface area contributed by atoms with Crippen molar-refractivity contribution >= 4 is 11.6 Å². The van der Waals surface area contributed by atoms with Gasteiger partial charge in [0.2, 0.25) is 0 Å². The Hall–Kier alpha value is -0.610. The predicted octanol–water partition coefficient (Wildman–Crippen LogP) is 3.23. The summed E-state index contributed by atoms with van der Waals surface area (Å²) < 4.78 is 5.70. The van der Waals surface area contributed by atoms with E-state index in [1.54, 1.807) is 0 Å². The molecule has 1 aliphatic rings. The normalized spacial score (nSPS) is 20.5. The van der Waals surface area contributed by atoms with Gasteiger partial charge in [0.1, 0.15) is 0 Å². The van der Waals surface area contributed by atoms with Crippen molar-refractivity contribution in [3.05, 3.63) is 34.9 Å². The van der Waals surface area contributed by atoms with Crippen molar-refractivity contribution in [2.75, 3.05) is 26.2 Å². The van der Waals surface area contributed by atoms with Gasteiger partial charge in [-0.05, 0) is 43.5 Å². The lowest BCUT2D eigenvalue weighted by Crippen LogP contribution is -2.34. The van der Waals surface area contributed by atoms with Gasteiger partial charge < -0.3 is 15.4 Å². The summed E-state index contributed by atoms with van der Waals surface area (Å²) in [5.41, 5.74) is 7.37. The van der Waals surface area contributed by atoms with E-state index in [9.17, 15) is 0 Å². The van der Waals surface area contributed by atoms with Crippen molar-refractivity contribution in [1.29, 1.82) is 0 Å². The van der Waals surface area contributed by atoms with E-state index in [2.05, 4.69) is 11.8 Å². The molecule has 112 valence electrons. The monoisotopic (exact) mass is 296 g/mol. The van der Waals surface area contributed by atoms with Crippen LogP contribution in [0.4, 0.5) is 0 Å². The Morgan fingerprint density at radius 3 is 3.00 bits per heavy atom. The van der Waals surface area contributed by atoms with Crippen LogP contribution in [0.15, 0.2) is 24.3 Å². The molecule has 1 fully saturated rings. The van der Waals surface area contributed by atoms with Crippen LogP contribution in [-0.4, -0.2) is 37.2 Å². The number of rotatable bonds is 7. The van der Waals surface area contributed by atoms with Gasteiger partial charge in [0, 0.05) is 30.8 Å². The molecule has 4 heteroatoms. The fourth-order valence-corrected chi connectivity index (χ4v) is 2.88. The summed E-state index contributed by atoms with van der Waals surface area (Å²) in [4.78, 5) is 2.43. The molecule has 1 aliphatic heterocycles. The molecule has 0 amide bonds. The Balaban J connectivity index is 1.79. The third-order valence-electron chi connectivity index (χ3n) is 3.97. The lowest BCUT2D eigenvalue weighted by molar-refractivity contribution is 0.0738. The number of likely N-dealkylation sites (N-methyl/N-ethyl adjacent to an activating group) is 1. The summed E-state index contributed by atoms with van der Waals surface area (Å²) in [6.07, 6.45) is 3.75. The highest BCUT2D eigenvalue weighted by molar-refractivity contribution is 6.30. The first kappa shape index (κ1) is 15.8. The quantitative estimate of drug-likeness (QED) is 0.839. The summed E-state index contributed by atoms with van der Waals surface area (Å²) in [6.45, 7) is 6.19. The average molecular weight is 297 g/mol. The van der Waals surface area contributed by atoms with E-state index in [0.29, 0.717) is 6.10 Å². The third-order valence-corrected chi connectivity index (χ3v) is 4.20. The molecule has 1 aromatic carbocycles. The highest BCUT2D eigenvalue weighted by Crippen LogP contribution is 2.19. The second-order valence-electron chi connectivity index (χ2n) is 5.48. The Bertz CT molecular complexity index is 407. The number of nitrogens with two attached hydrogens (primary N) is 1. The molecule has 0 spiro atoms. The first-order valence-electron chi connectivity index (χ1n) is 7.54. The van der Waals surface area contributed by atoms with Crippen LogP contribution in [0.3, 0.4) is 0 Å². The SMILES string of the molecule is CCN(CCC(N)c1cccc(Cl)c1)CC1CCCO1. The van der Waals surface area contributed by atoms with Gasteiger partial charge in [0.25, 0.3) is 0 Å². The molecule has 2 N–H and O–H groups in total. The van der Waals surface area contributed by atoms with Crippen molar-refractivity contribution in [3.8, 4) is 0 Å². The Labute approximate surface area is 127 Å². The molecule has 0 saturated carbocycles.